The van der Waals surface area contributed by atoms with E-state index in [2.05, 4.69) is 6.92 Å². The average Bonchev–Trinajstić information content (AvgIpc) is 1.81. The molecule has 0 aromatic rings. The highest BCUT2D eigenvalue weighted by Crippen LogP contribution is 1.85. The van der Waals surface area contributed by atoms with E-state index in [0.717, 1.165) is 25.7 Å². The lowest BCUT2D eigenvalue weighted by Gasteiger charge is -1.94. The van der Waals surface area contributed by atoms with Gasteiger partial charge in [0.25, 0.3) is 0 Å². The number of ether oxygens (including phenoxy) is 1. The van der Waals surface area contributed by atoms with Crippen LogP contribution in [0.5, 0.6) is 0 Å². The first-order valence-electron chi connectivity index (χ1n) is 2.93. The minimum Gasteiger partial charge on any atom is -0.374 e. The minimum atomic E-state index is 0.250. The summed E-state index contributed by atoms with van der Waals surface area (Å²) in [5, 5.41) is 0. The predicted octanol–water partition coefficient (Wildman–Crippen LogP) is 1.00. The van der Waals surface area contributed by atoms with E-state index in [-0.39, 0.29) is 6.61 Å². The number of carbonyl (C=O) groups is 1. The quantitative estimate of drug-likeness (QED) is 0.395. The van der Waals surface area contributed by atoms with Crippen molar-refractivity contribution >= 4 is 6.29 Å². The smallest absolute Gasteiger partial charge is 0.145 e. The molecule has 0 saturated heterocycles. The van der Waals surface area contributed by atoms with Crippen LogP contribution in [0, 0.1) is 0 Å². The van der Waals surface area contributed by atoms with Crippen molar-refractivity contribution in [2.75, 3.05) is 13.2 Å². The average molecular weight is 116 g/mol. The fourth-order valence-electron chi connectivity index (χ4n) is 0.378. The van der Waals surface area contributed by atoms with Crippen LogP contribution in [-0.4, -0.2) is 19.5 Å². The largest absolute Gasteiger partial charge is 0.374 e. The number of hydrogen-bond acceptors (Lipinski definition) is 2. The van der Waals surface area contributed by atoms with E-state index < -0.39 is 0 Å². The van der Waals surface area contributed by atoms with Gasteiger partial charge in [0, 0.05) is 6.61 Å². The first-order valence-corrected chi connectivity index (χ1v) is 2.93. The zero-order chi connectivity index (χ0) is 6.24. The van der Waals surface area contributed by atoms with E-state index in [0.29, 0.717) is 0 Å². The van der Waals surface area contributed by atoms with Gasteiger partial charge in [-0.3, -0.25) is 0 Å². The Kier molecular flexibility index (Phi) is 6.32. The topological polar surface area (TPSA) is 26.3 Å². The van der Waals surface area contributed by atoms with E-state index in [4.69, 9.17) is 4.74 Å². The van der Waals surface area contributed by atoms with Crippen molar-refractivity contribution in [3.05, 3.63) is 0 Å². The fourth-order valence-corrected chi connectivity index (χ4v) is 0.378. The van der Waals surface area contributed by atoms with Gasteiger partial charge in [-0.1, -0.05) is 13.3 Å². The van der Waals surface area contributed by atoms with E-state index in [1.54, 1.807) is 0 Å². The van der Waals surface area contributed by atoms with Crippen molar-refractivity contribution in [1.29, 1.82) is 0 Å². The molecule has 0 aliphatic heterocycles. The molecule has 0 heterocycles. The van der Waals surface area contributed by atoms with Crippen molar-refractivity contribution in [2.45, 2.75) is 19.8 Å². The summed E-state index contributed by atoms with van der Waals surface area (Å²) in [6, 6.07) is 0. The molecule has 0 aromatic carbocycles. The molecule has 0 fully saturated rings. The molecule has 0 atom stereocenters. The molecule has 2 nitrogen and oxygen atoms in total. The first kappa shape index (κ1) is 7.63. The standard InChI is InChI=1S/C6H12O2/c1-2-3-5-8-6-4-7/h4H,2-3,5-6H2,1H3. The summed E-state index contributed by atoms with van der Waals surface area (Å²) in [7, 11) is 0. The molecule has 0 aliphatic rings. The van der Waals surface area contributed by atoms with Crippen LogP contribution in [0.15, 0.2) is 0 Å². The Hall–Kier alpha value is -0.370. The second-order valence-electron chi connectivity index (χ2n) is 1.60. The second kappa shape index (κ2) is 6.63. The van der Waals surface area contributed by atoms with Crippen molar-refractivity contribution < 1.29 is 9.53 Å². The molecule has 0 spiro atoms. The lowest BCUT2D eigenvalue weighted by molar-refractivity contribution is -0.111. The van der Waals surface area contributed by atoms with Gasteiger partial charge in [-0.05, 0) is 6.42 Å². The number of aldehydes is 1. The van der Waals surface area contributed by atoms with E-state index in [1.807, 2.05) is 0 Å². The normalized spacial score (nSPS) is 9.12. The third-order valence-corrected chi connectivity index (χ3v) is 0.828. The molecule has 2 heteroatoms. The van der Waals surface area contributed by atoms with Gasteiger partial charge < -0.3 is 9.53 Å². The van der Waals surface area contributed by atoms with Crippen LogP contribution in [0.3, 0.4) is 0 Å². The van der Waals surface area contributed by atoms with Gasteiger partial charge in [0.05, 0.1) is 0 Å². The Balaban J connectivity index is 2.62. The van der Waals surface area contributed by atoms with Crippen LogP contribution < -0.4 is 0 Å². The molecule has 0 amide bonds. The molecule has 48 valence electrons. The predicted molar refractivity (Wildman–Crippen MR) is 31.8 cm³/mol. The Morgan fingerprint density at radius 1 is 1.62 bits per heavy atom. The molecule has 0 saturated carbocycles. The van der Waals surface area contributed by atoms with Crippen LogP contribution in [0.25, 0.3) is 0 Å². The number of rotatable bonds is 5. The highest BCUT2D eigenvalue weighted by Gasteiger charge is 1.81. The summed E-state index contributed by atoms with van der Waals surface area (Å²) in [5.74, 6) is 0. The van der Waals surface area contributed by atoms with Crippen molar-refractivity contribution in [2.24, 2.45) is 0 Å². The molecule has 0 radical (unpaired) electrons. The Labute approximate surface area is 49.8 Å². The van der Waals surface area contributed by atoms with Crippen molar-refractivity contribution in [1.82, 2.24) is 0 Å². The maximum atomic E-state index is 9.64. The monoisotopic (exact) mass is 116 g/mol. The third kappa shape index (κ3) is 5.63. The van der Waals surface area contributed by atoms with Crippen molar-refractivity contribution in [3.63, 3.8) is 0 Å². The molecule has 0 bridgehead atoms. The SMILES string of the molecule is CCCCOCC=O. The van der Waals surface area contributed by atoms with Crippen LogP contribution >= 0.6 is 0 Å². The van der Waals surface area contributed by atoms with Crippen LogP contribution in [0.4, 0.5) is 0 Å². The van der Waals surface area contributed by atoms with Gasteiger partial charge in [0.15, 0.2) is 0 Å². The first-order chi connectivity index (χ1) is 3.91. The summed E-state index contributed by atoms with van der Waals surface area (Å²) < 4.78 is 4.86. The second-order valence-corrected chi connectivity index (χ2v) is 1.60. The maximum Gasteiger partial charge on any atom is 0.145 e. The Morgan fingerprint density at radius 3 is 2.88 bits per heavy atom. The van der Waals surface area contributed by atoms with Gasteiger partial charge in [-0.25, -0.2) is 0 Å². The third-order valence-electron chi connectivity index (χ3n) is 0.828. The maximum absolute atomic E-state index is 9.64. The summed E-state index contributed by atoms with van der Waals surface area (Å²) in [6.07, 6.45) is 2.95. The van der Waals surface area contributed by atoms with E-state index in [1.165, 1.54) is 0 Å². The molecule has 0 rings (SSSR count). The van der Waals surface area contributed by atoms with Gasteiger partial charge >= 0.3 is 0 Å². The van der Waals surface area contributed by atoms with Gasteiger partial charge in [0.2, 0.25) is 0 Å². The zero-order valence-corrected chi connectivity index (χ0v) is 5.22. The number of hydrogen-bond donors (Lipinski definition) is 0. The fraction of sp³-hybridized carbons (Fsp3) is 0.833. The Morgan fingerprint density at radius 2 is 2.38 bits per heavy atom. The zero-order valence-electron chi connectivity index (χ0n) is 5.22. The summed E-state index contributed by atoms with van der Waals surface area (Å²) >= 11 is 0. The van der Waals surface area contributed by atoms with Crippen LogP contribution in [0.1, 0.15) is 19.8 Å². The molecule has 0 unspecified atom stereocenters. The number of carbonyl (C=O) groups excluding carboxylic acids is 1. The lowest BCUT2D eigenvalue weighted by Crippen LogP contribution is -1.96. The molecule has 0 N–H and O–H groups in total. The summed E-state index contributed by atoms with van der Waals surface area (Å²) in [4.78, 5) is 9.64. The molecule has 0 aromatic heterocycles. The van der Waals surface area contributed by atoms with E-state index >= 15 is 0 Å². The highest BCUT2D eigenvalue weighted by atomic mass is 16.5. The molecular formula is C6H12O2. The molecular weight excluding hydrogens is 104 g/mol. The summed E-state index contributed by atoms with van der Waals surface area (Å²) in [5.41, 5.74) is 0. The lowest BCUT2D eigenvalue weighted by atomic mass is 10.4. The van der Waals surface area contributed by atoms with Gasteiger partial charge in [-0.2, -0.15) is 0 Å². The van der Waals surface area contributed by atoms with Crippen molar-refractivity contribution in [3.8, 4) is 0 Å². The van der Waals surface area contributed by atoms with Crippen LogP contribution in [0.2, 0.25) is 0 Å². The molecule has 0 aliphatic carbocycles. The molecule has 8 heavy (non-hydrogen) atoms. The highest BCUT2D eigenvalue weighted by molar-refractivity contribution is 5.50. The van der Waals surface area contributed by atoms with Gasteiger partial charge in [0.1, 0.15) is 12.9 Å². The summed E-state index contributed by atoms with van der Waals surface area (Å²) in [6.45, 7) is 3.06. The minimum absolute atomic E-state index is 0.250. The Bertz CT molecular complexity index is 52.5. The van der Waals surface area contributed by atoms with E-state index in [9.17, 15) is 4.79 Å². The van der Waals surface area contributed by atoms with Gasteiger partial charge in [-0.15, -0.1) is 0 Å². The number of unbranched alkanes of at least 4 members (excludes halogenated alkanes) is 1. The van der Waals surface area contributed by atoms with Crippen LogP contribution in [-0.2, 0) is 9.53 Å².